The van der Waals surface area contributed by atoms with E-state index in [2.05, 4.69) is 29.4 Å². The number of hydrogen-bond acceptors (Lipinski definition) is 4. The summed E-state index contributed by atoms with van der Waals surface area (Å²) >= 11 is 1.50. The molecular weight excluding hydrogens is 428 g/mol. The molecule has 0 atom stereocenters. The number of aliphatic imine (C=N–C) groups is 1. The van der Waals surface area contributed by atoms with Crippen LogP contribution in [0.1, 0.15) is 23.6 Å². The topological polar surface area (TPSA) is 63.0 Å². The van der Waals surface area contributed by atoms with E-state index in [1.165, 1.54) is 22.5 Å². The Morgan fingerprint density at radius 1 is 0.970 bits per heavy atom. The lowest BCUT2D eigenvalue weighted by molar-refractivity contribution is 0.723. The Labute approximate surface area is 195 Å². The van der Waals surface area contributed by atoms with E-state index >= 15 is 0 Å². The van der Waals surface area contributed by atoms with Crippen molar-refractivity contribution in [2.75, 3.05) is 0 Å². The highest BCUT2D eigenvalue weighted by Crippen LogP contribution is 2.28. The zero-order valence-corrected chi connectivity index (χ0v) is 19.0. The van der Waals surface area contributed by atoms with Crippen molar-refractivity contribution in [3.63, 3.8) is 0 Å². The molecule has 0 unspecified atom stereocenters. The fourth-order valence-corrected chi connectivity index (χ4v) is 5.57. The van der Waals surface area contributed by atoms with Crippen molar-refractivity contribution in [2.24, 2.45) is 4.99 Å². The highest BCUT2D eigenvalue weighted by molar-refractivity contribution is 7.20. The van der Waals surface area contributed by atoms with Gasteiger partial charge in [-0.2, -0.15) is 4.68 Å². The van der Waals surface area contributed by atoms with Gasteiger partial charge in [-0.3, -0.25) is 14.9 Å². The van der Waals surface area contributed by atoms with Gasteiger partial charge in [0.2, 0.25) is 5.13 Å². The number of nitrogens with one attached hydrogen (secondary N) is 1. The predicted octanol–water partition coefficient (Wildman–Crippen LogP) is 5.42. The molecule has 33 heavy (non-hydrogen) atoms. The van der Waals surface area contributed by atoms with Crippen molar-refractivity contribution < 1.29 is 0 Å². The van der Waals surface area contributed by atoms with Gasteiger partial charge >= 0.3 is 0 Å². The summed E-state index contributed by atoms with van der Waals surface area (Å²) in [5.74, 6) is 0. The summed E-state index contributed by atoms with van der Waals surface area (Å²) in [5, 5.41) is 3.97. The first-order chi connectivity index (χ1) is 16.2. The van der Waals surface area contributed by atoms with E-state index in [0.29, 0.717) is 10.7 Å². The molecule has 0 aliphatic heterocycles. The Kier molecular flexibility index (Phi) is 4.80. The molecule has 0 bridgehead atoms. The Morgan fingerprint density at radius 3 is 2.36 bits per heavy atom. The van der Waals surface area contributed by atoms with Gasteiger partial charge in [0.15, 0.2) is 0 Å². The van der Waals surface area contributed by atoms with Crippen LogP contribution < -0.4 is 5.56 Å². The van der Waals surface area contributed by atoms with E-state index in [-0.39, 0.29) is 11.6 Å². The highest BCUT2D eigenvalue weighted by atomic mass is 32.1. The number of fused-ring (bicyclic) bond motifs is 2. The Balaban J connectivity index is 1.47. The molecule has 1 aliphatic rings. The van der Waals surface area contributed by atoms with Crippen LogP contribution >= 0.6 is 11.3 Å². The molecule has 2 aromatic heterocycles. The Bertz CT molecular complexity index is 1500. The number of aromatic amines is 1. The van der Waals surface area contributed by atoms with Crippen LogP contribution in [0, 0.1) is 0 Å². The molecule has 6 heteroatoms. The first-order valence-electron chi connectivity index (χ1n) is 11.1. The summed E-state index contributed by atoms with van der Waals surface area (Å²) < 4.78 is 2.61. The molecule has 0 radical (unpaired) electrons. The van der Waals surface area contributed by atoms with Crippen LogP contribution in [0.3, 0.4) is 0 Å². The van der Waals surface area contributed by atoms with Gasteiger partial charge < -0.3 is 0 Å². The number of rotatable bonds is 4. The van der Waals surface area contributed by atoms with Gasteiger partial charge in [0, 0.05) is 11.3 Å². The number of para-hydroxylation sites is 1. The number of benzene rings is 3. The SMILES string of the molecule is CC(=NC1Cc2ccccc2C1)c1c(-c2ccccc2)[nH]n(-c2nc3ccccc3s2)c1=O. The number of nitrogens with zero attached hydrogens (tertiary/aromatic N) is 3. The van der Waals surface area contributed by atoms with E-state index in [1.54, 1.807) is 4.68 Å². The summed E-state index contributed by atoms with van der Waals surface area (Å²) in [6.45, 7) is 1.95. The maximum absolute atomic E-state index is 13.7. The van der Waals surface area contributed by atoms with Gasteiger partial charge in [-0.15, -0.1) is 0 Å². The molecule has 162 valence electrons. The van der Waals surface area contributed by atoms with Crippen LogP contribution in [0.2, 0.25) is 0 Å². The van der Waals surface area contributed by atoms with E-state index < -0.39 is 0 Å². The molecule has 5 aromatic rings. The molecule has 0 saturated heterocycles. The van der Waals surface area contributed by atoms with E-state index in [4.69, 9.17) is 9.98 Å². The zero-order chi connectivity index (χ0) is 22.4. The quantitative estimate of drug-likeness (QED) is 0.372. The monoisotopic (exact) mass is 450 g/mol. The van der Waals surface area contributed by atoms with Gasteiger partial charge in [-0.05, 0) is 43.0 Å². The lowest BCUT2D eigenvalue weighted by atomic mass is 10.0. The fraction of sp³-hybridized carbons (Fsp3) is 0.148. The molecule has 5 nitrogen and oxygen atoms in total. The molecule has 2 heterocycles. The van der Waals surface area contributed by atoms with Crippen molar-refractivity contribution in [1.82, 2.24) is 14.8 Å². The molecule has 0 amide bonds. The maximum atomic E-state index is 13.7. The van der Waals surface area contributed by atoms with Crippen molar-refractivity contribution >= 4 is 27.3 Å². The Hall–Kier alpha value is -3.77. The minimum Gasteiger partial charge on any atom is -0.288 e. The van der Waals surface area contributed by atoms with Crippen LogP contribution in [0.25, 0.3) is 26.6 Å². The van der Waals surface area contributed by atoms with Crippen molar-refractivity contribution in [3.8, 4) is 16.4 Å². The number of thiazole rings is 1. The summed E-state index contributed by atoms with van der Waals surface area (Å²) in [6, 6.07) is 26.5. The third-order valence-corrected chi connectivity index (χ3v) is 7.22. The van der Waals surface area contributed by atoms with Crippen molar-refractivity contribution in [3.05, 3.63) is 106 Å². The maximum Gasteiger partial charge on any atom is 0.283 e. The third kappa shape index (κ3) is 3.52. The lowest BCUT2D eigenvalue weighted by Crippen LogP contribution is -2.20. The van der Waals surface area contributed by atoms with Crippen LogP contribution in [-0.2, 0) is 12.8 Å². The standard InChI is InChI=1S/C27H22N4OS/c1-17(28-21-15-19-11-5-6-12-20(19)16-21)24-25(18-9-3-2-4-10-18)30-31(26(24)32)27-29-22-13-7-8-14-23(22)33-27/h2-14,21,30H,15-16H2,1H3. The molecule has 1 aliphatic carbocycles. The minimum atomic E-state index is -0.121. The fourth-order valence-electron chi connectivity index (χ4n) is 4.64. The summed E-state index contributed by atoms with van der Waals surface area (Å²) in [5.41, 5.74) is 6.56. The second-order valence-electron chi connectivity index (χ2n) is 8.38. The zero-order valence-electron chi connectivity index (χ0n) is 18.2. The second kappa shape index (κ2) is 7.98. The molecule has 0 spiro atoms. The summed E-state index contributed by atoms with van der Waals surface area (Å²) in [7, 11) is 0. The summed E-state index contributed by atoms with van der Waals surface area (Å²) in [6.07, 6.45) is 1.81. The highest BCUT2D eigenvalue weighted by Gasteiger charge is 2.24. The third-order valence-electron chi connectivity index (χ3n) is 6.19. The smallest absolute Gasteiger partial charge is 0.283 e. The average molecular weight is 451 g/mol. The minimum absolute atomic E-state index is 0.121. The van der Waals surface area contributed by atoms with E-state index in [1.807, 2.05) is 61.5 Å². The predicted molar refractivity (Wildman–Crippen MR) is 135 cm³/mol. The summed E-state index contributed by atoms with van der Waals surface area (Å²) in [4.78, 5) is 23.4. The van der Waals surface area contributed by atoms with Gasteiger partial charge in [0.25, 0.3) is 5.56 Å². The van der Waals surface area contributed by atoms with E-state index in [9.17, 15) is 4.79 Å². The molecule has 0 fully saturated rings. The first kappa shape index (κ1) is 19.9. The normalized spacial score (nSPS) is 14.2. The lowest BCUT2D eigenvalue weighted by Gasteiger charge is -2.06. The molecule has 1 N–H and O–H groups in total. The van der Waals surface area contributed by atoms with Crippen LogP contribution in [-0.4, -0.2) is 26.5 Å². The van der Waals surface area contributed by atoms with Crippen LogP contribution in [0.5, 0.6) is 0 Å². The Morgan fingerprint density at radius 2 is 1.64 bits per heavy atom. The molecule has 0 saturated carbocycles. The van der Waals surface area contributed by atoms with Crippen LogP contribution in [0.15, 0.2) is 88.6 Å². The molecular formula is C27H22N4OS. The van der Waals surface area contributed by atoms with Gasteiger partial charge in [0.05, 0.1) is 27.5 Å². The van der Waals surface area contributed by atoms with Crippen LogP contribution in [0.4, 0.5) is 0 Å². The molecule has 3 aromatic carbocycles. The largest absolute Gasteiger partial charge is 0.288 e. The van der Waals surface area contributed by atoms with Crippen molar-refractivity contribution in [1.29, 1.82) is 0 Å². The van der Waals surface area contributed by atoms with Gasteiger partial charge in [-0.1, -0.05) is 78.1 Å². The van der Waals surface area contributed by atoms with Crippen molar-refractivity contribution in [2.45, 2.75) is 25.8 Å². The number of hydrogen-bond donors (Lipinski definition) is 1. The van der Waals surface area contributed by atoms with Gasteiger partial charge in [-0.25, -0.2) is 4.98 Å². The average Bonchev–Trinajstić information content (AvgIpc) is 3.53. The number of aromatic nitrogens is 3. The van der Waals surface area contributed by atoms with Gasteiger partial charge in [0.1, 0.15) is 0 Å². The second-order valence-corrected chi connectivity index (χ2v) is 9.39. The first-order valence-corrected chi connectivity index (χ1v) is 11.9. The molecule has 6 rings (SSSR count). The number of H-pyrrole nitrogens is 1. The van der Waals surface area contributed by atoms with E-state index in [0.717, 1.165) is 40.0 Å².